The van der Waals surface area contributed by atoms with E-state index in [0.29, 0.717) is 18.5 Å². The Kier molecular flexibility index (Phi) is 4.70. The highest BCUT2D eigenvalue weighted by Crippen LogP contribution is 2.37. The number of rotatable bonds is 3. The smallest absolute Gasteiger partial charge is 0.348 e. The molecule has 0 bridgehead atoms. The van der Waals surface area contributed by atoms with E-state index in [1.165, 1.54) is 0 Å². The van der Waals surface area contributed by atoms with Crippen molar-refractivity contribution in [1.29, 1.82) is 0 Å². The lowest BCUT2D eigenvalue weighted by atomic mass is 9.85. The number of carbonyl (C=O) groups is 1. The molecular formula is C20H22F3N3O. The van der Waals surface area contributed by atoms with Crippen LogP contribution >= 0.6 is 0 Å². The fraction of sp³-hybridized carbons (Fsp3) is 0.500. The molecule has 1 aromatic carbocycles. The van der Waals surface area contributed by atoms with Crippen molar-refractivity contribution in [3.63, 3.8) is 0 Å². The fourth-order valence-electron chi connectivity index (χ4n) is 4.27. The van der Waals surface area contributed by atoms with E-state index in [-0.39, 0.29) is 18.7 Å². The average molecular weight is 377 g/mol. The molecular weight excluding hydrogens is 355 g/mol. The Hall–Kier alpha value is -2.31. The molecule has 1 N–H and O–H groups in total. The Morgan fingerprint density at radius 3 is 2.63 bits per heavy atom. The number of halogens is 3. The lowest BCUT2D eigenvalue weighted by Crippen LogP contribution is -2.42. The van der Waals surface area contributed by atoms with E-state index >= 15 is 0 Å². The molecule has 0 radical (unpaired) electrons. The molecule has 1 aromatic heterocycles. The molecule has 2 aromatic rings. The number of carbonyl (C=O) groups excluding carboxylic acids is 1. The minimum atomic E-state index is -4.19. The van der Waals surface area contributed by atoms with E-state index in [2.05, 4.69) is 10.4 Å². The Morgan fingerprint density at radius 1 is 1.11 bits per heavy atom. The largest absolute Gasteiger partial charge is 0.391 e. The summed E-state index contributed by atoms with van der Waals surface area (Å²) in [5.74, 6) is -1.68. The van der Waals surface area contributed by atoms with Crippen molar-refractivity contribution >= 4 is 5.91 Å². The van der Waals surface area contributed by atoms with Crippen LogP contribution in [0.2, 0.25) is 0 Å². The number of alkyl halides is 3. The number of amides is 1. The maximum absolute atomic E-state index is 13.0. The van der Waals surface area contributed by atoms with Crippen LogP contribution in [0.3, 0.4) is 0 Å². The molecule has 1 heterocycles. The van der Waals surface area contributed by atoms with Crippen LogP contribution < -0.4 is 5.32 Å². The predicted octanol–water partition coefficient (Wildman–Crippen LogP) is 4.21. The first-order valence-corrected chi connectivity index (χ1v) is 9.47. The summed E-state index contributed by atoms with van der Waals surface area (Å²) in [6.07, 6.45) is -0.444. The molecule has 1 amide bonds. The molecule has 7 heteroatoms. The van der Waals surface area contributed by atoms with E-state index in [9.17, 15) is 18.0 Å². The number of para-hydroxylation sites is 1. The Morgan fingerprint density at radius 2 is 1.89 bits per heavy atom. The van der Waals surface area contributed by atoms with Gasteiger partial charge in [-0.2, -0.15) is 18.3 Å². The van der Waals surface area contributed by atoms with Gasteiger partial charge < -0.3 is 5.32 Å². The Balaban J connectivity index is 1.55. The van der Waals surface area contributed by atoms with Gasteiger partial charge in [-0.25, -0.2) is 4.68 Å². The molecule has 2 aliphatic rings. The zero-order chi connectivity index (χ0) is 19.0. The maximum atomic E-state index is 13.0. The van der Waals surface area contributed by atoms with Crippen molar-refractivity contribution in [3.05, 3.63) is 47.3 Å². The standard InChI is InChI=1S/C20H22F3N3O/c21-20(22,23)13-6-4-7-14(12-13)24-19(27)18-16-10-5-11-17(16)26(25-18)15-8-2-1-3-9-15/h1-3,8-9,13-14H,4-7,10-12H2,(H,24,27). The summed E-state index contributed by atoms with van der Waals surface area (Å²) in [5.41, 5.74) is 3.22. The first-order valence-electron chi connectivity index (χ1n) is 9.47. The predicted molar refractivity (Wildman–Crippen MR) is 94.9 cm³/mol. The third-order valence-electron chi connectivity index (χ3n) is 5.62. The first kappa shape index (κ1) is 18.1. The maximum Gasteiger partial charge on any atom is 0.391 e. The highest BCUT2D eigenvalue weighted by atomic mass is 19.4. The minimum Gasteiger partial charge on any atom is -0.348 e. The van der Waals surface area contributed by atoms with Gasteiger partial charge in [-0.3, -0.25) is 4.79 Å². The van der Waals surface area contributed by atoms with Crippen LogP contribution in [0.15, 0.2) is 30.3 Å². The summed E-state index contributed by atoms with van der Waals surface area (Å²) < 4.78 is 40.9. The summed E-state index contributed by atoms with van der Waals surface area (Å²) in [7, 11) is 0. The summed E-state index contributed by atoms with van der Waals surface area (Å²) in [6.45, 7) is 0. The molecule has 2 unspecified atom stereocenters. The van der Waals surface area contributed by atoms with E-state index in [1.807, 2.05) is 30.3 Å². The zero-order valence-corrected chi connectivity index (χ0v) is 14.9. The van der Waals surface area contributed by atoms with Gasteiger partial charge in [0.25, 0.3) is 5.91 Å². The summed E-state index contributed by atoms with van der Waals surface area (Å²) in [6, 6.07) is 9.16. The van der Waals surface area contributed by atoms with Crippen LogP contribution in [0.25, 0.3) is 5.69 Å². The van der Waals surface area contributed by atoms with E-state index < -0.39 is 18.1 Å². The summed E-state index contributed by atoms with van der Waals surface area (Å²) in [4.78, 5) is 12.8. The van der Waals surface area contributed by atoms with E-state index in [1.54, 1.807) is 4.68 Å². The van der Waals surface area contributed by atoms with Gasteiger partial charge in [0, 0.05) is 17.3 Å². The fourth-order valence-corrected chi connectivity index (χ4v) is 4.27. The molecule has 4 rings (SSSR count). The van der Waals surface area contributed by atoms with E-state index in [0.717, 1.165) is 36.2 Å². The zero-order valence-electron chi connectivity index (χ0n) is 14.9. The Labute approximate surface area is 155 Å². The normalized spacial score (nSPS) is 22.5. The molecule has 144 valence electrons. The van der Waals surface area contributed by atoms with Crippen molar-refractivity contribution in [2.75, 3.05) is 0 Å². The highest BCUT2D eigenvalue weighted by molar-refractivity contribution is 5.94. The minimum absolute atomic E-state index is 0.0448. The quantitative estimate of drug-likeness (QED) is 0.871. The third kappa shape index (κ3) is 3.59. The molecule has 0 aliphatic heterocycles. The van der Waals surface area contributed by atoms with Crippen LogP contribution in [-0.4, -0.2) is 27.9 Å². The van der Waals surface area contributed by atoms with Gasteiger partial charge >= 0.3 is 6.18 Å². The first-order chi connectivity index (χ1) is 12.9. The number of hydrogen-bond donors (Lipinski definition) is 1. The number of fused-ring (bicyclic) bond motifs is 1. The molecule has 2 atom stereocenters. The van der Waals surface area contributed by atoms with E-state index in [4.69, 9.17) is 0 Å². The number of benzene rings is 1. The monoisotopic (exact) mass is 377 g/mol. The van der Waals surface area contributed by atoms with Crippen LogP contribution in [0.4, 0.5) is 13.2 Å². The average Bonchev–Trinajstić information content (AvgIpc) is 3.24. The van der Waals surface area contributed by atoms with Crippen molar-refractivity contribution in [2.24, 2.45) is 5.92 Å². The Bertz CT molecular complexity index is 829. The molecule has 4 nitrogen and oxygen atoms in total. The van der Waals surface area contributed by atoms with Crippen molar-refractivity contribution in [2.45, 2.75) is 57.2 Å². The molecule has 27 heavy (non-hydrogen) atoms. The van der Waals surface area contributed by atoms with Crippen molar-refractivity contribution < 1.29 is 18.0 Å². The molecule has 0 spiro atoms. The molecule has 0 saturated heterocycles. The number of hydrogen-bond acceptors (Lipinski definition) is 2. The second-order valence-electron chi connectivity index (χ2n) is 7.45. The van der Waals surface area contributed by atoms with Gasteiger partial charge in [-0.15, -0.1) is 0 Å². The summed E-state index contributed by atoms with van der Waals surface area (Å²) >= 11 is 0. The molecule has 2 aliphatic carbocycles. The SMILES string of the molecule is O=C(NC1CCCC(C(F)(F)F)C1)c1nn(-c2ccccc2)c2c1CCC2. The number of nitrogens with zero attached hydrogens (tertiary/aromatic N) is 2. The highest BCUT2D eigenvalue weighted by Gasteiger charge is 2.42. The van der Waals surface area contributed by atoms with Crippen LogP contribution in [0.1, 0.15) is 53.8 Å². The second-order valence-corrected chi connectivity index (χ2v) is 7.45. The van der Waals surface area contributed by atoms with Gasteiger partial charge in [0.2, 0.25) is 0 Å². The lowest BCUT2D eigenvalue weighted by Gasteiger charge is -2.30. The van der Waals surface area contributed by atoms with Gasteiger partial charge in [-0.05, 0) is 50.7 Å². The van der Waals surface area contributed by atoms with Crippen LogP contribution in [-0.2, 0) is 12.8 Å². The number of aromatic nitrogens is 2. The second kappa shape index (κ2) is 7.02. The number of nitrogens with one attached hydrogen (secondary N) is 1. The van der Waals surface area contributed by atoms with Crippen LogP contribution in [0.5, 0.6) is 0 Å². The topological polar surface area (TPSA) is 46.9 Å². The summed E-state index contributed by atoms with van der Waals surface area (Å²) in [5, 5.41) is 7.33. The molecule has 1 fully saturated rings. The third-order valence-corrected chi connectivity index (χ3v) is 5.62. The van der Waals surface area contributed by atoms with Gasteiger partial charge in [0.15, 0.2) is 5.69 Å². The van der Waals surface area contributed by atoms with Gasteiger partial charge in [-0.1, -0.05) is 24.6 Å². The van der Waals surface area contributed by atoms with Crippen LogP contribution in [0, 0.1) is 5.92 Å². The van der Waals surface area contributed by atoms with Gasteiger partial charge in [0.05, 0.1) is 11.6 Å². The lowest BCUT2D eigenvalue weighted by molar-refractivity contribution is -0.183. The van der Waals surface area contributed by atoms with Gasteiger partial charge in [0.1, 0.15) is 0 Å². The van der Waals surface area contributed by atoms with Crippen molar-refractivity contribution in [3.8, 4) is 5.69 Å². The molecule has 1 saturated carbocycles. The van der Waals surface area contributed by atoms with Crippen molar-refractivity contribution in [1.82, 2.24) is 15.1 Å².